The lowest BCUT2D eigenvalue weighted by Gasteiger charge is -2.12. The average molecular weight is 469 g/mol. The number of methoxy groups -OCH3 is 1. The molecule has 5 rings (SSSR count). The molecular formula is C25H19N5O5. The predicted molar refractivity (Wildman–Crippen MR) is 126 cm³/mol. The van der Waals surface area contributed by atoms with Crippen LogP contribution in [0, 0.1) is 0 Å². The molecule has 3 aromatic carbocycles. The van der Waals surface area contributed by atoms with E-state index in [4.69, 9.17) is 4.74 Å². The van der Waals surface area contributed by atoms with E-state index in [0.29, 0.717) is 28.1 Å². The van der Waals surface area contributed by atoms with Crippen LogP contribution in [0.4, 0.5) is 10.5 Å². The lowest BCUT2D eigenvalue weighted by Crippen LogP contribution is -2.44. The lowest BCUT2D eigenvalue weighted by atomic mass is 10.0. The summed E-state index contributed by atoms with van der Waals surface area (Å²) in [5.41, 5.74) is 7.30. The molecule has 10 heteroatoms. The first-order valence-electron chi connectivity index (χ1n) is 10.6. The summed E-state index contributed by atoms with van der Waals surface area (Å²) in [4.78, 5) is 38.1. The Kier molecular flexibility index (Phi) is 5.46. The number of hydrogen-bond acceptors (Lipinski definition) is 7. The highest BCUT2D eigenvalue weighted by Crippen LogP contribution is 2.49. The monoisotopic (exact) mass is 469 g/mol. The predicted octanol–water partition coefficient (Wildman–Crippen LogP) is 3.98. The number of benzene rings is 3. The number of urea groups is 1. The van der Waals surface area contributed by atoms with Gasteiger partial charge in [-0.05, 0) is 48.0 Å². The molecule has 0 radical (unpaired) electrons. The van der Waals surface area contributed by atoms with Crippen molar-refractivity contribution in [3.8, 4) is 11.5 Å². The van der Waals surface area contributed by atoms with Gasteiger partial charge in [-0.1, -0.05) is 24.3 Å². The molecule has 35 heavy (non-hydrogen) atoms. The number of hydrogen-bond donors (Lipinski definition) is 4. The van der Waals surface area contributed by atoms with Crippen molar-refractivity contribution in [2.75, 3.05) is 12.4 Å². The molecule has 4 N–H and O–H groups in total. The number of ether oxygens (including phenoxy) is 1. The van der Waals surface area contributed by atoms with E-state index in [1.807, 2.05) is 0 Å². The Balaban J connectivity index is 1.35. The van der Waals surface area contributed by atoms with Gasteiger partial charge in [0.25, 0.3) is 5.91 Å². The van der Waals surface area contributed by atoms with Crippen molar-refractivity contribution in [1.29, 1.82) is 0 Å². The maximum absolute atomic E-state index is 13.4. The fourth-order valence-corrected chi connectivity index (χ4v) is 4.06. The van der Waals surface area contributed by atoms with Crippen LogP contribution >= 0.6 is 0 Å². The first-order chi connectivity index (χ1) is 17.0. The molecule has 10 nitrogen and oxygen atoms in total. The number of nitrogens with one attached hydrogen (secondary N) is 3. The van der Waals surface area contributed by atoms with Crippen LogP contribution in [0.25, 0.3) is 5.70 Å². The summed E-state index contributed by atoms with van der Waals surface area (Å²) in [5.74, 6) is -0.522. The molecule has 1 heterocycles. The summed E-state index contributed by atoms with van der Waals surface area (Å²) >= 11 is 0. The first kappa shape index (κ1) is 21.8. The molecule has 174 valence electrons. The van der Waals surface area contributed by atoms with Crippen LogP contribution < -0.4 is 20.9 Å². The smallest absolute Gasteiger partial charge is 0.337 e. The van der Waals surface area contributed by atoms with Crippen molar-refractivity contribution < 1.29 is 24.2 Å². The van der Waals surface area contributed by atoms with Crippen molar-refractivity contribution >= 4 is 29.1 Å². The number of phenolic OH excluding ortho intramolecular Hbond substituents is 1. The number of ketones is 1. The highest BCUT2D eigenvalue weighted by molar-refractivity contribution is 6.22. The Morgan fingerprint density at radius 3 is 2.49 bits per heavy atom. The summed E-state index contributed by atoms with van der Waals surface area (Å²) in [6.45, 7) is 0. The molecular weight excluding hydrogens is 450 g/mol. The summed E-state index contributed by atoms with van der Waals surface area (Å²) in [5, 5.41) is 20.9. The highest BCUT2D eigenvalue weighted by Gasteiger charge is 2.42. The quantitative estimate of drug-likeness (QED) is 0.428. The van der Waals surface area contributed by atoms with Crippen molar-refractivity contribution in [2.24, 2.45) is 10.2 Å². The fourth-order valence-electron chi connectivity index (χ4n) is 4.06. The number of anilines is 1. The maximum atomic E-state index is 13.4. The molecule has 3 amide bonds. The molecule has 0 aromatic heterocycles. The molecule has 2 aliphatic rings. The van der Waals surface area contributed by atoms with Gasteiger partial charge in [-0.2, -0.15) is 10.2 Å². The number of hydrazine groups is 1. The fraction of sp³-hybridized carbons (Fsp3) is 0.0800. The third-order valence-corrected chi connectivity index (χ3v) is 5.71. The molecule has 0 bridgehead atoms. The number of nitrogens with zero attached hydrogens (tertiary/aromatic N) is 2. The highest BCUT2D eigenvalue weighted by atomic mass is 16.5. The Hall–Kier alpha value is -4.99. The van der Waals surface area contributed by atoms with Gasteiger partial charge in [0, 0.05) is 5.56 Å². The van der Waals surface area contributed by atoms with Gasteiger partial charge < -0.3 is 15.2 Å². The second-order valence-corrected chi connectivity index (χ2v) is 7.76. The van der Waals surface area contributed by atoms with E-state index in [9.17, 15) is 19.5 Å². The lowest BCUT2D eigenvalue weighted by molar-refractivity contribution is 0.0934. The normalized spacial score (nSPS) is 15.5. The van der Waals surface area contributed by atoms with Crippen LogP contribution in [0.15, 0.2) is 82.5 Å². The molecule has 0 fully saturated rings. The first-order valence-corrected chi connectivity index (χ1v) is 10.6. The van der Waals surface area contributed by atoms with Crippen molar-refractivity contribution in [1.82, 2.24) is 10.9 Å². The van der Waals surface area contributed by atoms with Crippen LogP contribution in [-0.2, 0) is 0 Å². The van der Waals surface area contributed by atoms with Crippen molar-refractivity contribution in [3.63, 3.8) is 0 Å². The van der Waals surface area contributed by atoms with Gasteiger partial charge in [0.05, 0.1) is 29.5 Å². The van der Waals surface area contributed by atoms with Gasteiger partial charge in [0.2, 0.25) is 0 Å². The Morgan fingerprint density at radius 2 is 1.74 bits per heavy atom. The van der Waals surface area contributed by atoms with Gasteiger partial charge in [0.15, 0.2) is 5.78 Å². The number of Topliss-reactive ketones (excluding diaryl/α,β-unsaturated/α-hetero) is 1. The summed E-state index contributed by atoms with van der Waals surface area (Å²) in [6, 6.07) is 16.8. The topological polar surface area (TPSA) is 141 Å². The van der Waals surface area contributed by atoms with Crippen molar-refractivity contribution in [2.45, 2.75) is 6.04 Å². The Bertz CT molecular complexity index is 1430. The number of carbonyl (C=O) groups excluding carboxylic acids is 3. The molecule has 0 spiro atoms. The van der Waals surface area contributed by atoms with E-state index in [2.05, 4.69) is 26.4 Å². The number of aromatic hydroxyl groups is 1. The number of fused-ring (bicyclic) bond motifs is 3. The second kappa shape index (κ2) is 8.75. The molecule has 1 aliphatic carbocycles. The van der Waals surface area contributed by atoms with E-state index < -0.39 is 18.0 Å². The second-order valence-electron chi connectivity index (χ2n) is 7.76. The molecule has 0 saturated carbocycles. The number of amides is 3. The summed E-state index contributed by atoms with van der Waals surface area (Å²) in [6.07, 6.45) is 0. The maximum Gasteiger partial charge on any atom is 0.337 e. The van der Waals surface area contributed by atoms with E-state index >= 15 is 0 Å². The van der Waals surface area contributed by atoms with Crippen LogP contribution in [0.5, 0.6) is 11.5 Å². The SMILES string of the molecule is COc1ccc(C2=C3C(=O)c4c(NC(=O)NNC(=O)c5ccccc5O)cccc4C3N=N2)cc1. The Morgan fingerprint density at radius 1 is 0.971 bits per heavy atom. The molecule has 1 unspecified atom stereocenters. The summed E-state index contributed by atoms with van der Waals surface area (Å²) in [7, 11) is 1.57. The van der Waals surface area contributed by atoms with Crippen molar-refractivity contribution in [3.05, 3.63) is 94.6 Å². The van der Waals surface area contributed by atoms with Gasteiger partial charge in [0.1, 0.15) is 23.2 Å². The molecule has 1 atom stereocenters. The van der Waals surface area contributed by atoms with E-state index in [-0.39, 0.29) is 22.8 Å². The zero-order valence-corrected chi connectivity index (χ0v) is 18.4. The zero-order valence-electron chi connectivity index (χ0n) is 18.4. The molecule has 0 saturated heterocycles. The minimum Gasteiger partial charge on any atom is -0.507 e. The van der Waals surface area contributed by atoms with E-state index in [0.717, 1.165) is 5.56 Å². The number of phenols is 1. The molecule has 1 aliphatic heterocycles. The van der Waals surface area contributed by atoms with E-state index in [1.165, 1.54) is 12.1 Å². The average Bonchev–Trinajstić information content (AvgIpc) is 3.43. The minimum atomic E-state index is -0.766. The third kappa shape index (κ3) is 3.86. The van der Waals surface area contributed by atoms with Crippen LogP contribution in [0.2, 0.25) is 0 Å². The summed E-state index contributed by atoms with van der Waals surface area (Å²) < 4.78 is 5.19. The van der Waals surface area contributed by atoms with Crippen LogP contribution in [0.3, 0.4) is 0 Å². The molecule has 3 aromatic rings. The van der Waals surface area contributed by atoms with Gasteiger partial charge in [-0.3, -0.25) is 15.0 Å². The zero-order chi connectivity index (χ0) is 24.5. The standard InChI is InChI=1S/C25H19N5O5/c1-35-14-11-9-13(10-12-14)21-20-22(28-27-21)16-6-4-7-17(19(16)23(20)32)26-25(34)30-29-24(33)15-5-2-3-8-18(15)31/h2-12,22,31H,1H3,(H,29,33)(H2,26,30,34). The van der Waals surface area contributed by atoms with Crippen LogP contribution in [-0.4, -0.2) is 29.9 Å². The van der Waals surface area contributed by atoms with Gasteiger partial charge in [-0.25, -0.2) is 10.2 Å². The van der Waals surface area contributed by atoms with Crippen LogP contribution in [0.1, 0.15) is 37.9 Å². The van der Waals surface area contributed by atoms with Gasteiger partial charge >= 0.3 is 6.03 Å². The largest absolute Gasteiger partial charge is 0.507 e. The Labute approximate surface area is 199 Å². The third-order valence-electron chi connectivity index (χ3n) is 5.71. The number of rotatable bonds is 4. The minimum absolute atomic E-state index is 0.000217. The number of para-hydroxylation sites is 1. The van der Waals surface area contributed by atoms with E-state index in [1.54, 1.807) is 61.7 Å². The van der Waals surface area contributed by atoms with Gasteiger partial charge in [-0.15, -0.1) is 0 Å². The number of azo groups is 1. The number of carbonyl (C=O) groups is 3.